The predicted molar refractivity (Wildman–Crippen MR) is 66.4 cm³/mol. The smallest absolute Gasteiger partial charge is 0.308 e. The molecular weight excluding hydrogens is 224 g/mol. The molecule has 1 rings (SSSR count). The largest absolute Gasteiger partial charge is 0.481 e. The SMILES string of the molecule is CCc1nc(N(CC)CC)sc1CC(=O)O. The zero-order chi connectivity index (χ0) is 12.1. The summed E-state index contributed by atoms with van der Waals surface area (Å²) in [6, 6.07) is 0. The van der Waals surface area contributed by atoms with Crippen LogP contribution in [0.15, 0.2) is 0 Å². The van der Waals surface area contributed by atoms with Gasteiger partial charge in [0, 0.05) is 18.0 Å². The van der Waals surface area contributed by atoms with E-state index in [1.165, 1.54) is 11.3 Å². The van der Waals surface area contributed by atoms with Gasteiger partial charge in [0.15, 0.2) is 5.13 Å². The van der Waals surface area contributed by atoms with Gasteiger partial charge in [0.05, 0.1) is 12.1 Å². The van der Waals surface area contributed by atoms with Gasteiger partial charge in [-0.15, -0.1) is 11.3 Å². The Morgan fingerprint density at radius 2 is 2.00 bits per heavy atom. The molecule has 4 nitrogen and oxygen atoms in total. The summed E-state index contributed by atoms with van der Waals surface area (Å²) < 4.78 is 0. The van der Waals surface area contributed by atoms with Crippen molar-refractivity contribution in [3.8, 4) is 0 Å². The summed E-state index contributed by atoms with van der Waals surface area (Å²) in [5.74, 6) is -0.788. The number of nitrogens with zero attached hydrogens (tertiary/aromatic N) is 2. The summed E-state index contributed by atoms with van der Waals surface area (Å²) in [5, 5.41) is 9.76. The highest BCUT2D eigenvalue weighted by molar-refractivity contribution is 7.15. The zero-order valence-electron chi connectivity index (χ0n) is 9.99. The fourth-order valence-corrected chi connectivity index (χ4v) is 2.82. The lowest BCUT2D eigenvalue weighted by molar-refractivity contribution is -0.136. The molecule has 0 aliphatic heterocycles. The predicted octanol–water partition coefficient (Wildman–Crippen LogP) is 2.18. The van der Waals surface area contributed by atoms with Crippen LogP contribution in [0.5, 0.6) is 0 Å². The first-order chi connectivity index (χ1) is 7.62. The van der Waals surface area contributed by atoms with Crippen LogP contribution in [0.4, 0.5) is 5.13 Å². The van der Waals surface area contributed by atoms with Crippen molar-refractivity contribution in [2.75, 3.05) is 18.0 Å². The van der Waals surface area contributed by atoms with E-state index in [4.69, 9.17) is 5.11 Å². The highest BCUT2D eigenvalue weighted by Crippen LogP contribution is 2.27. The van der Waals surface area contributed by atoms with Gasteiger partial charge in [-0.1, -0.05) is 6.92 Å². The van der Waals surface area contributed by atoms with Crippen LogP contribution in [-0.4, -0.2) is 29.1 Å². The molecule has 0 atom stereocenters. The van der Waals surface area contributed by atoms with E-state index in [0.717, 1.165) is 35.2 Å². The van der Waals surface area contributed by atoms with Gasteiger partial charge in [-0.05, 0) is 20.3 Å². The molecule has 1 N–H and O–H groups in total. The maximum atomic E-state index is 10.7. The van der Waals surface area contributed by atoms with Crippen molar-refractivity contribution < 1.29 is 9.90 Å². The third kappa shape index (κ3) is 2.95. The molecule has 0 aliphatic rings. The summed E-state index contributed by atoms with van der Waals surface area (Å²) in [6.45, 7) is 7.96. The van der Waals surface area contributed by atoms with Crippen LogP contribution < -0.4 is 4.90 Å². The molecular formula is C11H18N2O2S. The third-order valence-electron chi connectivity index (χ3n) is 2.45. The van der Waals surface area contributed by atoms with Gasteiger partial charge < -0.3 is 10.0 Å². The van der Waals surface area contributed by atoms with Crippen molar-refractivity contribution >= 4 is 22.4 Å². The molecule has 0 amide bonds. The van der Waals surface area contributed by atoms with Crippen molar-refractivity contribution in [2.24, 2.45) is 0 Å². The minimum Gasteiger partial charge on any atom is -0.481 e. The average Bonchev–Trinajstić information content (AvgIpc) is 2.62. The highest BCUT2D eigenvalue weighted by Gasteiger charge is 2.15. The molecule has 0 radical (unpaired) electrons. The Labute approximate surface area is 99.9 Å². The highest BCUT2D eigenvalue weighted by atomic mass is 32.1. The Morgan fingerprint density at radius 3 is 2.44 bits per heavy atom. The van der Waals surface area contributed by atoms with Gasteiger partial charge >= 0.3 is 5.97 Å². The molecule has 0 bridgehead atoms. The van der Waals surface area contributed by atoms with Gasteiger partial charge in [-0.3, -0.25) is 4.79 Å². The van der Waals surface area contributed by atoms with Crippen LogP contribution >= 0.6 is 11.3 Å². The maximum absolute atomic E-state index is 10.7. The van der Waals surface area contributed by atoms with Crippen LogP contribution in [0.2, 0.25) is 0 Å². The standard InChI is InChI=1S/C11H18N2O2S/c1-4-8-9(7-10(14)15)16-11(12-8)13(5-2)6-3/h4-7H2,1-3H3,(H,14,15). The molecule has 1 aromatic heterocycles. The third-order valence-corrected chi connectivity index (χ3v) is 3.61. The van der Waals surface area contributed by atoms with Crippen molar-refractivity contribution in [1.82, 2.24) is 4.98 Å². The molecule has 0 aromatic carbocycles. The van der Waals surface area contributed by atoms with E-state index in [9.17, 15) is 4.79 Å². The average molecular weight is 242 g/mol. The number of thiazole rings is 1. The van der Waals surface area contributed by atoms with E-state index in [1.54, 1.807) is 0 Å². The number of hydrogen-bond acceptors (Lipinski definition) is 4. The van der Waals surface area contributed by atoms with Crippen LogP contribution in [-0.2, 0) is 17.6 Å². The molecule has 16 heavy (non-hydrogen) atoms. The Kier molecular flexibility index (Phi) is 4.73. The van der Waals surface area contributed by atoms with Gasteiger partial charge in [0.1, 0.15) is 0 Å². The first kappa shape index (κ1) is 13.0. The Balaban J connectivity index is 2.96. The molecule has 5 heteroatoms. The lowest BCUT2D eigenvalue weighted by Gasteiger charge is -2.16. The monoisotopic (exact) mass is 242 g/mol. The Morgan fingerprint density at radius 1 is 1.38 bits per heavy atom. The first-order valence-corrected chi connectivity index (χ1v) is 6.39. The van der Waals surface area contributed by atoms with Crippen molar-refractivity contribution in [3.63, 3.8) is 0 Å². The van der Waals surface area contributed by atoms with Gasteiger partial charge in [-0.25, -0.2) is 4.98 Å². The number of aryl methyl sites for hydroxylation is 1. The van der Waals surface area contributed by atoms with Gasteiger partial charge in [-0.2, -0.15) is 0 Å². The summed E-state index contributed by atoms with van der Waals surface area (Å²) in [6.07, 6.45) is 0.877. The van der Waals surface area contributed by atoms with Crippen molar-refractivity contribution in [3.05, 3.63) is 10.6 Å². The molecule has 0 saturated carbocycles. The van der Waals surface area contributed by atoms with Crippen molar-refractivity contribution in [1.29, 1.82) is 0 Å². The van der Waals surface area contributed by atoms with E-state index < -0.39 is 5.97 Å². The quantitative estimate of drug-likeness (QED) is 0.830. The van der Waals surface area contributed by atoms with Crippen LogP contribution in [0.1, 0.15) is 31.3 Å². The maximum Gasteiger partial charge on any atom is 0.308 e. The summed E-state index contributed by atoms with van der Waals surface area (Å²) in [4.78, 5) is 18.3. The molecule has 1 aromatic rings. The van der Waals surface area contributed by atoms with Crippen LogP contribution in [0.25, 0.3) is 0 Å². The number of aliphatic carboxylic acids is 1. The van der Waals surface area contributed by atoms with Crippen molar-refractivity contribution in [2.45, 2.75) is 33.6 Å². The number of carboxylic acid groups (broad SMARTS) is 1. The summed E-state index contributed by atoms with van der Waals surface area (Å²) in [5.41, 5.74) is 0.925. The fourth-order valence-electron chi connectivity index (χ4n) is 1.55. The molecule has 0 fully saturated rings. The molecule has 0 saturated heterocycles. The number of aromatic nitrogens is 1. The van der Waals surface area contributed by atoms with Crippen LogP contribution in [0, 0.1) is 0 Å². The lowest BCUT2D eigenvalue weighted by atomic mass is 10.2. The minimum absolute atomic E-state index is 0.0854. The van der Waals surface area contributed by atoms with E-state index in [0.29, 0.717) is 0 Å². The number of carboxylic acids is 1. The number of anilines is 1. The Hall–Kier alpha value is -1.10. The van der Waals surface area contributed by atoms with E-state index in [1.807, 2.05) is 6.92 Å². The number of carbonyl (C=O) groups is 1. The molecule has 0 spiro atoms. The minimum atomic E-state index is -0.788. The molecule has 0 unspecified atom stereocenters. The normalized spacial score (nSPS) is 10.4. The summed E-state index contributed by atoms with van der Waals surface area (Å²) >= 11 is 1.50. The topological polar surface area (TPSA) is 53.4 Å². The van der Waals surface area contributed by atoms with E-state index >= 15 is 0 Å². The van der Waals surface area contributed by atoms with E-state index in [-0.39, 0.29) is 6.42 Å². The number of rotatable bonds is 6. The van der Waals surface area contributed by atoms with Gasteiger partial charge in [0.2, 0.25) is 0 Å². The van der Waals surface area contributed by atoms with Crippen LogP contribution in [0.3, 0.4) is 0 Å². The first-order valence-electron chi connectivity index (χ1n) is 5.57. The number of hydrogen-bond donors (Lipinski definition) is 1. The molecule has 1 heterocycles. The summed E-state index contributed by atoms with van der Waals surface area (Å²) in [7, 11) is 0. The second kappa shape index (κ2) is 5.84. The fraction of sp³-hybridized carbons (Fsp3) is 0.636. The second-order valence-corrected chi connectivity index (χ2v) is 4.52. The van der Waals surface area contributed by atoms with E-state index in [2.05, 4.69) is 23.7 Å². The Bertz CT molecular complexity index is 359. The molecule has 90 valence electrons. The zero-order valence-corrected chi connectivity index (χ0v) is 10.8. The molecule has 0 aliphatic carbocycles. The lowest BCUT2D eigenvalue weighted by Crippen LogP contribution is -2.21. The van der Waals surface area contributed by atoms with Gasteiger partial charge in [0.25, 0.3) is 0 Å². The second-order valence-electron chi connectivity index (χ2n) is 3.46.